The van der Waals surface area contributed by atoms with Gasteiger partial charge in [0.2, 0.25) is 0 Å². The van der Waals surface area contributed by atoms with Gasteiger partial charge in [0.25, 0.3) is 0 Å². The van der Waals surface area contributed by atoms with Gasteiger partial charge in [-0.3, -0.25) is 0 Å². The van der Waals surface area contributed by atoms with Crippen LogP contribution in [0.3, 0.4) is 0 Å². The molecule has 1 N–H and O–H groups in total. The fourth-order valence-electron chi connectivity index (χ4n) is 2.54. The second-order valence-electron chi connectivity index (χ2n) is 5.18. The Morgan fingerprint density at radius 1 is 1.19 bits per heavy atom. The molecular weight excluding hydrogens is 202 g/mol. The first-order valence-corrected chi connectivity index (χ1v) is 6.46. The van der Waals surface area contributed by atoms with Crippen LogP contribution in [0.5, 0.6) is 0 Å². The molecule has 1 aliphatic rings. The highest BCUT2D eigenvalue weighted by Crippen LogP contribution is 2.29. The summed E-state index contributed by atoms with van der Waals surface area (Å²) < 4.78 is 10.4. The Balaban J connectivity index is 2.26. The van der Waals surface area contributed by atoms with Crippen molar-refractivity contribution in [2.45, 2.75) is 51.9 Å². The zero-order chi connectivity index (χ0) is 12.0. The van der Waals surface area contributed by atoms with E-state index in [4.69, 9.17) is 9.47 Å². The highest BCUT2D eigenvalue weighted by atomic mass is 16.7. The first-order valence-electron chi connectivity index (χ1n) is 6.46. The van der Waals surface area contributed by atoms with Gasteiger partial charge in [0.05, 0.1) is 0 Å². The molecule has 2 atom stereocenters. The van der Waals surface area contributed by atoms with Crippen molar-refractivity contribution in [3.8, 4) is 0 Å². The molecule has 0 radical (unpaired) electrons. The molecule has 1 aliphatic carbocycles. The molecule has 0 bridgehead atoms. The van der Waals surface area contributed by atoms with Crippen LogP contribution in [-0.2, 0) is 9.47 Å². The average Bonchev–Trinajstić information content (AvgIpc) is 2.31. The van der Waals surface area contributed by atoms with Crippen molar-refractivity contribution < 1.29 is 9.47 Å². The Kier molecular flexibility index (Phi) is 6.32. The Hall–Kier alpha value is -0.120. The summed E-state index contributed by atoms with van der Waals surface area (Å²) in [7, 11) is 3.38. The smallest absolute Gasteiger partial charge is 0.169 e. The molecule has 0 aliphatic heterocycles. The third-order valence-electron chi connectivity index (χ3n) is 3.76. The zero-order valence-corrected chi connectivity index (χ0v) is 11.2. The summed E-state index contributed by atoms with van der Waals surface area (Å²) in [5.74, 6) is 1.69. The van der Waals surface area contributed by atoms with Gasteiger partial charge >= 0.3 is 0 Å². The maximum Gasteiger partial charge on any atom is 0.169 e. The van der Waals surface area contributed by atoms with Crippen LogP contribution in [0.2, 0.25) is 0 Å². The van der Waals surface area contributed by atoms with E-state index in [1.54, 1.807) is 14.2 Å². The maximum absolute atomic E-state index is 5.18. The number of hydrogen-bond donors (Lipinski definition) is 1. The van der Waals surface area contributed by atoms with Crippen LogP contribution in [0.1, 0.15) is 39.5 Å². The van der Waals surface area contributed by atoms with Crippen molar-refractivity contribution in [1.29, 1.82) is 0 Å². The summed E-state index contributed by atoms with van der Waals surface area (Å²) in [6.45, 7) is 5.46. The van der Waals surface area contributed by atoms with Crippen molar-refractivity contribution in [2.24, 2.45) is 11.8 Å². The molecule has 0 aromatic heterocycles. The first-order chi connectivity index (χ1) is 7.67. The quantitative estimate of drug-likeness (QED) is 0.710. The van der Waals surface area contributed by atoms with Gasteiger partial charge in [0.1, 0.15) is 0 Å². The van der Waals surface area contributed by atoms with Crippen LogP contribution >= 0.6 is 0 Å². The highest BCUT2D eigenvalue weighted by Gasteiger charge is 2.24. The van der Waals surface area contributed by atoms with E-state index in [9.17, 15) is 0 Å². The van der Waals surface area contributed by atoms with E-state index in [0.29, 0.717) is 6.04 Å². The van der Waals surface area contributed by atoms with Gasteiger partial charge in [-0.2, -0.15) is 0 Å². The minimum absolute atomic E-state index is 0.112. The van der Waals surface area contributed by atoms with Crippen LogP contribution in [-0.4, -0.2) is 33.1 Å². The van der Waals surface area contributed by atoms with E-state index < -0.39 is 0 Å². The molecule has 0 amide bonds. The van der Waals surface area contributed by atoms with Gasteiger partial charge in [-0.25, -0.2) is 0 Å². The van der Waals surface area contributed by atoms with E-state index in [-0.39, 0.29) is 6.29 Å². The van der Waals surface area contributed by atoms with Crippen molar-refractivity contribution in [3.05, 3.63) is 0 Å². The second-order valence-corrected chi connectivity index (χ2v) is 5.18. The van der Waals surface area contributed by atoms with Crippen LogP contribution < -0.4 is 5.32 Å². The second kappa shape index (κ2) is 7.25. The molecule has 0 saturated heterocycles. The zero-order valence-electron chi connectivity index (χ0n) is 11.2. The molecule has 1 fully saturated rings. The SMILES string of the molecule is COC(CNC1CCCC(C(C)C)C1)OC. The van der Waals surface area contributed by atoms with Crippen molar-refractivity contribution >= 4 is 0 Å². The standard InChI is InChI=1S/C13H27NO2/c1-10(2)11-6-5-7-12(8-11)14-9-13(15-3)16-4/h10-14H,5-9H2,1-4H3. The summed E-state index contributed by atoms with van der Waals surface area (Å²) in [5, 5.41) is 3.56. The molecule has 0 aromatic carbocycles. The van der Waals surface area contributed by atoms with Crippen molar-refractivity contribution in [1.82, 2.24) is 5.32 Å². The number of nitrogens with one attached hydrogen (secondary N) is 1. The van der Waals surface area contributed by atoms with E-state index in [0.717, 1.165) is 18.4 Å². The van der Waals surface area contributed by atoms with E-state index >= 15 is 0 Å². The molecule has 3 nitrogen and oxygen atoms in total. The Labute approximate surface area is 99.9 Å². The lowest BCUT2D eigenvalue weighted by molar-refractivity contribution is -0.100. The summed E-state index contributed by atoms with van der Waals surface area (Å²) in [6.07, 6.45) is 5.24. The minimum Gasteiger partial charge on any atom is -0.355 e. The summed E-state index contributed by atoms with van der Waals surface area (Å²) >= 11 is 0. The molecule has 0 heterocycles. The van der Waals surface area contributed by atoms with Crippen LogP contribution in [0, 0.1) is 11.8 Å². The molecule has 0 spiro atoms. The predicted molar refractivity (Wildman–Crippen MR) is 66.4 cm³/mol. The number of ether oxygens (including phenoxy) is 2. The molecule has 3 heteroatoms. The van der Waals surface area contributed by atoms with Crippen molar-refractivity contribution in [3.63, 3.8) is 0 Å². The highest BCUT2D eigenvalue weighted by molar-refractivity contribution is 4.79. The van der Waals surface area contributed by atoms with Gasteiger partial charge in [-0.1, -0.05) is 26.7 Å². The Bertz CT molecular complexity index is 181. The van der Waals surface area contributed by atoms with E-state index in [1.165, 1.54) is 25.7 Å². The van der Waals surface area contributed by atoms with Gasteiger partial charge in [-0.15, -0.1) is 0 Å². The van der Waals surface area contributed by atoms with E-state index in [2.05, 4.69) is 19.2 Å². The molecule has 0 aromatic rings. The normalized spacial score (nSPS) is 26.6. The molecule has 96 valence electrons. The fraction of sp³-hybridized carbons (Fsp3) is 1.00. The summed E-state index contributed by atoms with van der Waals surface area (Å²) in [6, 6.07) is 0.647. The van der Waals surface area contributed by atoms with Crippen LogP contribution in [0.4, 0.5) is 0 Å². The number of methoxy groups -OCH3 is 2. The van der Waals surface area contributed by atoms with Gasteiger partial charge < -0.3 is 14.8 Å². The summed E-state index contributed by atoms with van der Waals surface area (Å²) in [4.78, 5) is 0. The monoisotopic (exact) mass is 229 g/mol. The lowest BCUT2D eigenvalue weighted by Crippen LogP contribution is -2.40. The Morgan fingerprint density at radius 3 is 2.44 bits per heavy atom. The van der Waals surface area contributed by atoms with Gasteiger partial charge in [0, 0.05) is 26.8 Å². The topological polar surface area (TPSA) is 30.5 Å². The Morgan fingerprint density at radius 2 is 1.88 bits per heavy atom. The maximum atomic E-state index is 5.18. The third kappa shape index (κ3) is 4.40. The number of rotatable bonds is 6. The van der Waals surface area contributed by atoms with Gasteiger partial charge in [0.15, 0.2) is 6.29 Å². The predicted octanol–water partition coefficient (Wildman–Crippen LogP) is 2.41. The van der Waals surface area contributed by atoms with Crippen LogP contribution in [0.15, 0.2) is 0 Å². The number of hydrogen-bond acceptors (Lipinski definition) is 3. The third-order valence-corrected chi connectivity index (χ3v) is 3.76. The molecule has 16 heavy (non-hydrogen) atoms. The van der Waals surface area contributed by atoms with E-state index in [1.807, 2.05) is 0 Å². The van der Waals surface area contributed by atoms with Crippen molar-refractivity contribution in [2.75, 3.05) is 20.8 Å². The fourth-order valence-corrected chi connectivity index (χ4v) is 2.54. The minimum atomic E-state index is -0.112. The lowest BCUT2D eigenvalue weighted by atomic mass is 9.79. The molecule has 1 rings (SSSR count). The first kappa shape index (κ1) is 13.9. The molecule has 1 saturated carbocycles. The average molecular weight is 229 g/mol. The van der Waals surface area contributed by atoms with Gasteiger partial charge in [-0.05, 0) is 24.7 Å². The molecule has 2 unspecified atom stereocenters. The summed E-state index contributed by atoms with van der Waals surface area (Å²) in [5.41, 5.74) is 0. The van der Waals surface area contributed by atoms with Crippen LogP contribution in [0.25, 0.3) is 0 Å². The largest absolute Gasteiger partial charge is 0.355 e. The lowest BCUT2D eigenvalue weighted by Gasteiger charge is -2.32. The molecular formula is C13H27NO2.